The van der Waals surface area contributed by atoms with Gasteiger partial charge in [0, 0.05) is 16.6 Å². The zero-order valence-corrected chi connectivity index (χ0v) is 17.3. The van der Waals surface area contributed by atoms with Crippen molar-refractivity contribution in [3.05, 3.63) is 64.7 Å². The Hall–Kier alpha value is -2.84. The Balaban J connectivity index is 1.30. The van der Waals surface area contributed by atoms with Crippen LogP contribution in [0.3, 0.4) is 0 Å². The second kappa shape index (κ2) is 8.67. The third kappa shape index (κ3) is 4.96. The molecule has 0 saturated heterocycles. The average Bonchev–Trinajstić information content (AvgIpc) is 3.34. The highest BCUT2D eigenvalue weighted by Crippen LogP contribution is 2.33. The highest BCUT2D eigenvalue weighted by Gasteiger charge is 2.17. The van der Waals surface area contributed by atoms with Crippen LogP contribution in [0.2, 0.25) is 0 Å². The summed E-state index contributed by atoms with van der Waals surface area (Å²) in [5.74, 6) is 1.39. The summed E-state index contributed by atoms with van der Waals surface area (Å²) in [6.07, 6.45) is 0.196. The van der Waals surface area contributed by atoms with Crippen LogP contribution in [0.1, 0.15) is 21.6 Å². The van der Waals surface area contributed by atoms with Crippen molar-refractivity contribution >= 4 is 40.5 Å². The summed E-state index contributed by atoms with van der Waals surface area (Å²) in [5.41, 5.74) is 3.13. The van der Waals surface area contributed by atoms with E-state index < -0.39 is 0 Å². The molecule has 1 amide bonds. The van der Waals surface area contributed by atoms with Crippen LogP contribution in [0, 0.1) is 6.92 Å². The van der Waals surface area contributed by atoms with Crippen molar-refractivity contribution in [1.82, 2.24) is 4.98 Å². The van der Waals surface area contributed by atoms with Gasteiger partial charge in [0.05, 0.1) is 17.9 Å². The van der Waals surface area contributed by atoms with Gasteiger partial charge >= 0.3 is 0 Å². The van der Waals surface area contributed by atoms with E-state index in [2.05, 4.69) is 10.3 Å². The number of anilines is 1. The van der Waals surface area contributed by atoms with Crippen LogP contribution in [-0.4, -0.2) is 29.2 Å². The molecule has 1 aliphatic rings. The summed E-state index contributed by atoms with van der Waals surface area (Å²) < 4.78 is 11.3. The molecule has 0 aliphatic carbocycles. The van der Waals surface area contributed by atoms with Gasteiger partial charge in [0.2, 0.25) is 12.7 Å². The predicted octanol–water partition coefficient (Wildman–Crippen LogP) is 4.34. The molecule has 1 N–H and O–H groups in total. The number of hydrogen-bond acceptors (Lipinski definition) is 7. The first-order valence-corrected chi connectivity index (χ1v) is 10.8. The molecule has 0 bridgehead atoms. The fraction of sp³-hybridized carbons (Fsp3) is 0.190. The van der Waals surface area contributed by atoms with Crippen molar-refractivity contribution < 1.29 is 19.1 Å². The van der Waals surface area contributed by atoms with E-state index in [0.29, 0.717) is 22.8 Å². The van der Waals surface area contributed by atoms with Crippen molar-refractivity contribution in [1.29, 1.82) is 0 Å². The Morgan fingerprint density at radius 3 is 2.90 bits per heavy atom. The first-order valence-electron chi connectivity index (χ1n) is 8.93. The summed E-state index contributed by atoms with van der Waals surface area (Å²) in [6.45, 7) is 2.16. The fourth-order valence-corrected chi connectivity index (χ4v) is 4.55. The summed E-state index contributed by atoms with van der Waals surface area (Å²) >= 11 is 2.80. The molecule has 29 heavy (non-hydrogen) atoms. The molecule has 0 fully saturated rings. The van der Waals surface area contributed by atoms with Crippen LogP contribution >= 0.6 is 23.1 Å². The average molecular weight is 427 g/mol. The lowest BCUT2D eigenvalue weighted by Gasteiger charge is -2.04. The van der Waals surface area contributed by atoms with E-state index in [-0.39, 0.29) is 30.7 Å². The number of rotatable bonds is 7. The number of amides is 1. The third-order valence-electron chi connectivity index (χ3n) is 4.20. The maximum Gasteiger partial charge on any atom is 0.231 e. The minimum absolute atomic E-state index is 0.0118. The first kappa shape index (κ1) is 19.5. The van der Waals surface area contributed by atoms with Gasteiger partial charge in [-0.2, -0.15) is 0 Å². The quantitative estimate of drug-likeness (QED) is 0.447. The van der Waals surface area contributed by atoms with Gasteiger partial charge in [0.25, 0.3) is 0 Å². The normalized spacial score (nSPS) is 12.0. The standard InChI is InChI=1S/C21H18N2O4S2/c1-13-3-2-4-15(7-13)22-20(25)9-16-10-28-21(23-16)29-11-17(24)14-5-6-18-19(8-14)27-12-26-18/h2-8,10H,9,11-12H2,1H3,(H,22,25). The van der Waals surface area contributed by atoms with Gasteiger partial charge in [0.15, 0.2) is 21.6 Å². The number of thiazole rings is 1. The van der Waals surface area contributed by atoms with E-state index in [9.17, 15) is 9.59 Å². The molecular formula is C21H18N2O4S2. The van der Waals surface area contributed by atoms with Gasteiger partial charge in [-0.3, -0.25) is 9.59 Å². The second-order valence-electron chi connectivity index (χ2n) is 6.48. The molecule has 0 saturated carbocycles. The maximum atomic E-state index is 12.4. The minimum atomic E-state index is -0.117. The number of nitrogens with one attached hydrogen (secondary N) is 1. The lowest BCUT2D eigenvalue weighted by atomic mass is 10.1. The number of benzene rings is 2. The molecule has 8 heteroatoms. The maximum absolute atomic E-state index is 12.4. The monoisotopic (exact) mass is 426 g/mol. The lowest BCUT2D eigenvalue weighted by Crippen LogP contribution is -2.14. The van der Waals surface area contributed by atoms with Crippen molar-refractivity contribution in [2.75, 3.05) is 17.9 Å². The highest BCUT2D eigenvalue weighted by atomic mass is 32.2. The Kier molecular flexibility index (Phi) is 5.82. The molecule has 1 aliphatic heterocycles. The third-order valence-corrected chi connectivity index (χ3v) is 6.27. The molecule has 2 heterocycles. The zero-order valence-electron chi connectivity index (χ0n) is 15.6. The Labute approximate surface area is 176 Å². The van der Waals surface area contributed by atoms with Crippen molar-refractivity contribution in [3.8, 4) is 11.5 Å². The number of Topliss-reactive ketones (excluding diaryl/α,β-unsaturated/α-hetero) is 1. The topological polar surface area (TPSA) is 77.5 Å². The van der Waals surface area contributed by atoms with Crippen molar-refractivity contribution in [3.63, 3.8) is 0 Å². The van der Waals surface area contributed by atoms with Gasteiger partial charge in [-0.05, 0) is 42.8 Å². The highest BCUT2D eigenvalue weighted by molar-refractivity contribution is 8.01. The first-order chi connectivity index (χ1) is 14.1. The fourth-order valence-electron chi connectivity index (χ4n) is 2.81. The molecule has 0 radical (unpaired) electrons. The van der Waals surface area contributed by atoms with E-state index in [4.69, 9.17) is 9.47 Å². The molecule has 0 unspecified atom stereocenters. The van der Waals surface area contributed by atoms with Crippen LogP contribution in [0.15, 0.2) is 52.2 Å². The van der Waals surface area contributed by atoms with Crippen LogP contribution in [-0.2, 0) is 11.2 Å². The lowest BCUT2D eigenvalue weighted by molar-refractivity contribution is -0.115. The summed E-state index contributed by atoms with van der Waals surface area (Å²) in [4.78, 5) is 29.1. The Morgan fingerprint density at radius 2 is 2.03 bits per heavy atom. The van der Waals surface area contributed by atoms with E-state index >= 15 is 0 Å². The molecule has 2 aromatic carbocycles. The number of aromatic nitrogens is 1. The van der Waals surface area contributed by atoms with Crippen molar-refractivity contribution in [2.45, 2.75) is 17.7 Å². The second-order valence-corrected chi connectivity index (χ2v) is 8.56. The number of ketones is 1. The van der Waals surface area contributed by atoms with Crippen LogP contribution < -0.4 is 14.8 Å². The van der Waals surface area contributed by atoms with Crippen LogP contribution in [0.25, 0.3) is 0 Å². The van der Waals surface area contributed by atoms with E-state index in [1.54, 1.807) is 18.2 Å². The summed E-state index contributed by atoms with van der Waals surface area (Å²) in [5, 5.41) is 4.73. The molecular weight excluding hydrogens is 408 g/mol. The molecule has 4 rings (SSSR count). The number of thioether (sulfide) groups is 1. The number of ether oxygens (including phenoxy) is 2. The Bertz CT molecular complexity index is 1060. The van der Waals surface area contributed by atoms with Gasteiger partial charge in [-0.15, -0.1) is 11.3 Å². The van der Waals surface area contributed by atoms with Crippen LogP contribution in [0.5, 0.6) is 11.5 Å². The van der Waals surface area contributed by atoms with Gasteiger partial charge in [0.1, 0.15) is 0 Å². The number of carbonyl (C=O) groups excluding carboxylic acids is 2. The van der Waals surface area contributed by atoms with Crippen molar-refractivity contribution in [2.24, 2.45) is 0 Å². The molecule has 1 aromatic heterocycles. The van der Waals surface area contributed by atoms with E-state index in [1.165, 1.54) is 23.1 Å². The summed E-state index contributed by atoms with van der Waals surface area (Å²) in [6, 6.07) is 12.8. The molecule has 0 spiro atoms. The SMILES string of the molecule is Cc1cccc(NC(=O)Cc2csc(SCC(=O)c3ccc4c(c3)OCO4)n2)c1. The van der Waals surface area contributed by atoms with E-state index in [0.717, 1.165) is 15.6 Å². The number of nitrogens with zero attached hydrogens (tertiary/aromatic N) is 1. The predicted molar refractivity (Wildman–Crippen MR) is 113 cm³/mol. The molecule has 3 aromatic rings. The smallest absolute Gasteiger partial charge is 0.231 e. The van der Waals surface area contributed by atoms with E-state index in [1.807, 2.05) is 36.6 Å². The number of fused-ring (bicyclic) bond motifs is 1. The number of carbonyl (C=O) groups is 2. The minimum Gasteiger partial charge on any atom is -0.454 e. The number of aryl methyl sites for hydroxylation is 1. The Morgan fingerprint density at radius 1 is 1.17 bits per heavy atom. The largest absolute Gasteiger partial charge is 0.454 e. The van der Waals surface area contributed by atoms with Gasteiger partial charge in [-0.1, -0.05) is 23.9 Å². The van der Waals surface area contributed by atoms with Gasteiger partial charge in [-0.25, -0.2) is 4.98 Å². The van der Waals surface area contributed by atoms with Crippen LogP contribution in [0.4, 0.5) is 5.69 Å². The zero-order chi connectivity index (χ0) is 20.2. The van der Waals surface area contributed by atoms with Gasteiger partial charge < -0.3 is 14.8 Å². The molecule has 0 atom stereocenters. The summed E-state index contributed by atoms with van der Waals surface area (Å²) in [7, 11) is 0. The molecule has 6 nitrogen and oxygen atoms in total. The molecule has 148 valence electrons. The number of hydrogen-bond donors (Lipinski definition) is 1.